The highest BCUT2D eigenvalue weighted by molar-refractivity contribution is 6.11. The molecule has 3 heteroatoms. The van der Waals surface area contributed by atoms with E-state index >= 15 is 0 Å². The van der Waals surface area contributed by atoms with Gasteiger partial charge in [-0.1, -0.05) is 214 Å². The number of para-hydroxylation sites is 4. The summed E-state index contributed by atoms with van der Waals surface area (Å²) in [4.78, 5) is 2.42. The standard InChI is InChI=1S/C75H53N3/c1-75(2)69-48-61(42-45-63(69)64-46-43-62(49-70(64)75)78-72-23-13-9-19-65(72)66-20-10-14-24-73(66)78)76(59-38-33-54(34-39-59)52-27-25-51(26-28-52)50-15-5-3-6-16-50)60-40-35-55(36-41-60)53-29-31-56(32-30-53)57-37-44-68-67-21-11-12-22-71(67)77(74(68)47-57)58-17-7-4-8-18-58/h3-49H,1-2H3. The van der Waals surface area contributed by atoms with E-state index in [1.54, 1.807) is 0 Å². The van der Waals surface area contributed by atoms with Gasteiger partial charge in [-0.3, -0.25) is 0 Å². The molecule has 0 unspecified atom stereocenters. The second-order valence-electron chi connectivity index (χ2n) is 21.3. The van der Waals surface area contributed by atoms with Crippen LogP contribution >= 0.6 is 0 Å². The van der Waals surface area contributed by atoms with Crippen LogP contribution in [0.1, 0.15) is 25.0 Å². The summed E-state index contributed by atoms with van der Waals surface area (Å²) in [7, 11) is 0. The third-order valence-electron chi connectivity index (χ3n) is 16.6. The largest absolute Gasteiger partial charge is 0.310 e. The SMILES string of the molecule is CC1(C)c2cc(N(c3ccc(-c4ccc(-c5ccccc5)cc4)cc3)c3ccc(-c4ccc(-c5ccc6c7ccccc7n(-c7ccccc7)c6c5)cc4)cc3)ccc2-c2ccc(-n3c4ccccc4c4ccccc43)cc21. The Kier molecular flexibility index (Phi) is 10.6. The van der Waals surface area contributed by atoms with Gasteiger partial charge in [0.25, 0.3) is 0 Å². The summed E-state index contributed by atoms with van der Waals surface area (Å²) < 4.78 is 4.82. The maximum absolute atomic E-state index is 2.44. The van der Waals surface area contributed by atoms with Crippen molar-refractivity contribution >= 4 is 60.7 Å². The number of hydrogen-bond acceptors (Lipinski definition) is 1. The third kappa shape index (κ3) is 7.42. The first kappa shape index (κ1) is 45.4. The lowest BCUT2D eigenvalue weighted by atomic mass is 9.82. The Balaban J connectivity index is 0.778. The molecule has 0 bridgehead atoms. The number of benzene rings is 12. The van der Waals surface area contributed by atoms with E-state index < -0.39 is 0 Å². The predicted molar refractivity (Wildman–Crippen MR) is 329 cm³/mol. The van der Waals surface area contributed by atoms with E-state index in [4.69, 9.17) is 0 Å². The first-order chi connectivity index (χ1) is 38.4. The maximum Gasteiger partial charge on any atom is 0.0547 e. The molecule has 0 saturated carbocycles. The number of hydrogen-bond donors (Lipinski definition) is 0. The van der Waals surface area contributed by atoms with Crippen LogP contribution in [0.3, 0.4) is 0 Å². The first-order valence-electron chi connectivity index (χ1n) is 27.1. The van der Waals surface area contributed by atoms with E-state index in [1.807, 2.05) is 0 Å². The maximum atomic E-state index is 2.44. The zero-order valence-electron chi connectivity index (χ0n) is 43.5. The molecule has 0 N–H and O–H groups in total. The fraction of sp³-hybridized carbons (Fsp3) is 0.0400. The van der Waals surface area contributed by atoms with Gasteiger partial charge in [0.15, 0.2) is 0 Å². The van der Waals surface area contributed by atoms with Crippen LogP contribution in [0.25, 0.3) is 111 Å². The van der Waals surface area contributed by atoms with Crippen molar-refractivity contribution in [1.82, 2.24) is 9.13 Å². The van der Waals surface area contributed by atoms with Crippen LogP contribution in [0.2, 0.25) is 0 Å². The van der Waals surface area contributed by atoms with Gasteiger partial charge in [0.1, 0.15) is 0 Å². The highest BCUT2D eigenvalue weighted by Gasteiger charge is 2.37. The van der Waals surface area contributed by atoms with Gasteiger partial charge in [-0.15, -0.1) is 0 Å². The first-order valence-corrected chi connectivity index (χ1v) is 27.1. The van der Waals surface area contributed by atoms with Gasteiger partial charge < -0.3 is 14.0 Å². The Hall–Kier alpha value is -9.96. The molecule has 0 radical (unpaired) electrons. The average Bonchev–Trinajstić information content (AvgIpc) is 4.31. The number of anilines is 3. The summed E-state index contributed by atoms with van der Waals surface area (Å²) >= 11 is 0. The van der Waals surface area contributed by atoms with Crippen LogP contribution in [-0.4, -0.2) is 9.13 Å². The molecule has 0 amide bonds. The summed E-state index contributed by atoms with van der Waals surface area (Å²) in [5.41, 5.74) is 25.1. The minimum Gasteiger partial charge on any atom is -0.310 e. The molecule has 368 valence electrons. The molecular weight excluding hydrogens is 943 g/mol. The normalized spacial score (nSPS) is 12.6. The molecule has 0 atom stereocenters. The van der Waals surface area contributed by atoms with Crippen molar-refractivity contribution in [3.63, 3.8) is 0 Å². The number of nitrogens with zero attached hydrogens (tertiary/aromatic N) is 3. The van der Waals surface area contributed by atoms with E-state index in [0.717, 1.165) is 22.7 Å². The van der Waals surface area contributed by atoms with E-state index in [-0.39, 0.29) is 5.41 Å². The van der Waals surface area contributed by atoms with Crippen LogP contribution < -0.4 is 4.90 Å². The summed E-state index contributed by atoms with van der Waals surface area (Å²) in [6, 6.07) is 105. The topological polar surface area (TPSA) is 13.1 Å². The lowest BCUT2D eigenvalue weighted by Crippen LogP contribution is -2.17. The van der Waals surface area contributed by atoms with Crippen molar-refractivity contribution < 1.29 is 0 Å². The third-order valence-corrected chi connectivity index (χ3v) is 16.6. The predicted octanol–water partition coefficient (Wildman–Crippen LogP) is 20.3. The molecule has 0 spiro atoms. The van der Waals surface area contributed by atoms with Crippen LogP contribution in [0.5, 0.6) is 0 Å². The number of fused-ring (bicyclic) bond motifs is 9. The molecule has 0 aliphatic heterocycles. The summed E-state index contributed by atoms with van der Waals surface area (Å²) in [6.07, 6.45) is 0. The molecule has 14 aromatic rings. The number of aromatic nitrogens is 2. The highest BCUT2D eigenvalue weighted by Crippen LogP contribution is 2.52. The van der Waals surface area contributed by atoms with Gasteiger partial charge in [-0.2, -0.15) is 0 Å². The van der Waals surface area contributed by atoms with Gasteiger partial charge in [0.05, 0.1) is 22.1 Å². The van der Waals surface area contributed by atoms with E-state index in [2.05, 4.69) is 313 Å². The molecule has 1 aliphatic rings. The Labute approximate surface area is 454 Å². The molecule has 3 nitrogen and oxygen atoms in total. The molecule has 15 rings (SSSR count). The molecule has 78 heavy (non-hydrogen) atoms. The van der Waals surface area contributed by atoms with Crippen molar-refractivity contribution in [3.8, 4) is 67.0 Å². The minimum atomic E-state index is -0.251. The van der Waals surface area contributed by atoms with Crippen molar-refractivity contribution in [1.29, 1.82) is 0 Å². The number of rotatable bonds is 9. The molecule has 1 aliphatic carbocycles. The molecular formula is C75H53N3. The van der Waals surface area contributed by atoms with Gasteiger partial charge in [0, 0.05) is 55.4 Å². The molecule has 0 saturated heterocycles. The fourth-order valence-corrected chi connectivity index (χ4v) is 12.6. The average molecular weight is 996 g/mol. The van der Waals surface area contributed by atoms with Crippen molar-refractivity contribution in [2.45, 2.75) is 19.3 Å². The Morgan fingerprint density at radius 3 is 1.13 bits per heavy atom. The van der Waals surface area contributed by atoms with Gasteiger partial charge in [-0.25, -0.2) is 0 Å². The van der Waals surface area contributed by atoms with Crippen LogP contribution in [-0.2, 0) is 5.41 Å². The molecule has 2 heterocycles. The zero-order chi connectivity index (χ0) is 51.9. The lowest BCUT2D eigenvalue weighted by molar-refractivity contribution is 0.660. The fourth-order valence-electron chi connectivity index (χ4n) is 12.6. The van der Waals surface area contributed by atoms with Crippen LogP contribution in [0.15, 0.2) is 285 Å². The molecule has 12 aromatic carbocycles. The van der Waals surface area contributed by atoms with Gasteiger partial charge in [-0.05, 0) is 152 Å². The zero-order valence-corrected chi connectivity index (χ0v) is 43.5. The smallest absolute Gasteiger partial charge is 0.0547 e. The quantitative estimate of drug-likeness (QED) is 0.140. The Morgan fingerprint density at radius 2 is 0.615 bits per heavy atom. The summed E-state index contributed by atoms with van der Waals surface area (Å²) in [5, 5.41) is 5.06. The van der Waals surface area contributed by atoms with Crippen LogP contribution in [0, 0.1) is 0 Å². The van der Waals surface area contributed by atoms with Gasteiger partial charge in [0.2, 0.25) is 0 Å². The van der Waals surface area contributed by atoms with E-state index in [0.29, 0.717) is 0 Å². The van der Waals surface area contributed by atoms with E-state index in [1.165, 1.54) is 116 Å². The summed E-state index contributed by atoms with van der Waals surface area (Å²) in [5.74, 6) is 0. The van der Waals surface area contributed by atoms with Crippen molar-refractivity contribution in [3.05, 3.63) is 296 Å². The minimum absolute atomic E-state index is 0.251. The van der Waals surface area contributed by atoms with Crippen LogP contribution in [0.4, 0.5) is 17.1 Å². The second kappa shape index (κ2) is 18.1. The van der Waals surface area contributed by atoms with Crippen molar-refractivity contribution in [2.75, 3.05) is 4.90 Å². The molecule has 0 fully saturated rings. The highest BCUT2D eigenvalue weighted by atomic mass is 15.1. The monoisotopic (exact) mass is 995 g/mol. The van der Waals surface area contributed by atoms with E-state index in [9.17, 15) is 0 Å². The summed E-state index contributed by atoms with van der Waals surface area (Å²) in [6.45, 7) is 4.78. The Morgan fingerprint density at radius 1 is 0.256 bits per heavy atom. The van der Waals surface area contributed by atoms with Gasteiger partial charge >= 0.3 is 0 Å². The Bertz CT molecular complexity index is 4530. The second-order valence-corrected chi connectivity index (χ2v) is 21.3. The molecule has 2 aromatic heterocycles. The lowest BCUT2D eigenvalue weighted by Gasteiger charge is -2.28. The van der Waals surface area contributed by atoms with Crippen molar-refractivity contribution in [2.24, 2.45) is 0 Å².